The minimum Gasteiger partial charge on any atom is -0.337 e. The van der Waals surface area contributed by atoms with Gasteiger partial charge in [-0.2, -0.15) is 0 Å². The first-order valence-electron chi connectivity index (χ1n) is 7.08. The van der Waals surface area contributed by atoms with Crippen LogP contribution >= 0.6 is 0 Å². The Labute approximate surface area is 110 Å². The molecule has 0 aromatic carbocycles. The second-order valence-electron chi connectivity index (χ2n) is 5.97. The van der Waals surface area contributed by atoms with E-state index in [-0.39, 0.29) is 0 Å². The van der Waals surface area contributed by atoms with E-state index in [9.17, 15) is 0 Å². The number of hydrogen-bond acceptors (Lipinski definition) is 3. The molecule has 1 unspecified atom stereocenters. The fraction of sp³-hybridized carbons (Fsp3) is 0.786. The SMILES string of the molecule is CC1(C)CNCCC1NCCCCn1ccnc1. The first kappa shape index (κ1) is 13.6. The summed E-state index contributed by atoms with van der Waals surface area (Å²) in [7, 11) is 0. The maximum Gasteiger partial charge on any atom is 0.0945 e. The fourth-order valence-electron chi connectivity index (χ4n) is 2.66. The van der Waals surface area contributed by atoms with E-state index in [1.807, 2.05) is 18.7 Å². The Balaban J connectivity index is 1.60. The van der Waals surface area contributed by atoms with Crippen LogP contribution in [0, 0.1) is 5.41 Å². The Hall–Kier alpha value is -0.870. The van der Waals surface area contributed by atoms with Crippen LogP contribution in [0.25, 0.3) is 0 Å². The Kier molecular flexibility index (Phi) is 4.78. The van der Waals surface area contributed by atoms with Gasteiger partial charge in [-0.1, -0.05) is 13.8 Å². The molecule has 0 saturated carbocycles. The molecule has 18 heavy (non-hydrogen) atoms. The van der Waals surface area contributed by atoms with E-state index in [0.717, 1.165) is 26.2 Å². The van der Waals surface area contributed by atoms with Crippen LogP contribution in [0.3, 0.4) is 0 Å². The quantitative estimate of drug-likeness (QED) is 0.754. The van der Waals surface area contributed by atoms with Crippen molar-refractivity contribution < 1.29 is 0 Å². The molecule has 0 amide bonds. The summed E-state index contributed by atoms with van der Waals surface area (Å²) in [5.41, 5.74) is 0.378. The molecular formula is C14H26N4. The molecule has 0 radical (unpaired) electrons. The van der Waals surface area contributed by atoms with E-state index in [0.29, 0.717) is 11.5 Å². The molecule has 2 rings (SSSR count). The maximum absolute atomic E-state index is 4.05. The van der Waals surface area contributed by atoms with Gasteiger partial charge in [-0.15, -0.1) is 0 Å². The minimum atomic E-state index is 0.378. The summed E-state index contributed by atoms with van der Waals surface area (Å²) in [4.78, 5) is 4.05. The molecule has 2 heterocycles. The van der Waals surface area contributed by atoms with Gasteiger partial charge in [0.1, 0.15) is 0 Å². The van der Waals surface area contributed by atoms with Crippen LogP contribution in [-0.4, -0.2) is 35.2 Å². The molecule has 0 spiro atoms. The Bertz CT molecular complexity index is 332. The first-order chi connectivity index (χ1) is 8.68. The van der Waals surface area contributed by atoms with Crippen LogP contribution in [0.2, 0.25) is 0 Å². The summed E-state index contributed by atoms with van der Waals surface area (Å²) >= 11 is 0. The lowest BCUT2D eigenvalue weighted by atomic mass is 9.80. The van der Waals surface area contributed by atoms with Crippen LogP contribution in [0.4, 0.5) is 0 Å². The summed E-state index contributed by atoms with van der Waals surface area (Å²) in [6, 6.07) is 0.659. The Morgan fingerprint density at radius 1 is 1.44 bits per heavy atom. The van der Waals surface area contributed by atoms with Crippen LogP contribution in [0.15, 0.2) is 18.7 Å². The molecule has 1 aliphatic heterocycles. The van der Waals surface area contributed by atoms with Gasteiger partial charge in [0.25, 0.3) is 0 Å². The highest BCUT2D eigenvalue weighted by atomic mass is 15.0. The fourth-order valence-corrected chi connectivity index (χ4v) is 2.66. The van der Waals surface area contributed by atoms with Gasteiger partial charge in [0.15, 0.2) is 0 Å². The minimum absolute atomic E-state index is 0.378. The van der Waals surface area contributed by atoms with E-state index in [2.05, 4.69) is 34.0 Å². The van der Waals surface area contributed by atoms with Crippen molar-refractivity contribution in [2.75, 3.05) is 19.6 Å². The van der Waals surface area contributed by atoms with Gasteiger partial charge < -0.3 is 15.2 Å². The number of imidazole rings is 1. The zero-order valence-corrected chi connectivity index (χ0v) is 11.7. The van der Waals surface area contributed by atoms with E-state index >= 15 is 0 Å². The van der Waals surface area contributed by atoms with Crippen molar-refractivity contribution in [3.63, 3.8) is 0 Å². The molecule has 1 saturated heterocycles. The van der Waals surface area contributed by atoms with E-state index < -0.39 is 0 Å². The number of aryl methyl sites for hydroxylation is 1. The lowest BCUT2D eigenvalue weighted by Crippen LogP contribution is -2.53. The zero-order valence-electron chi connectivity index (χ0n) is 11.7. The van der Waals surface area contributed by atoms with Gasteiger partial charge >= 0.3 is 0 Å². The summed E-state index contributed by atoms with van der Waals surface area (Å²) in [6.07, 6.45) is 9.46. The predicted molar refractivity (Wildman–Crippen MR) is 74.5 cm³/mol. The van der Waals surface area contributed by atoms with Crippen molar-refractivity contribution in [3.05, 3.63) is 18.7 Å². The molecule has 0 aliphatic carbocycles. The summed E-state index contributed by atoms with van der Waals surface area (Å²) in [5.74, 6) is 0. The van der Waals surface area contributed by atoms with Crippen molar-refractivity contribution in [2.24, 2.45) is 5.41 Å². The lowest BCUT2D eigenvalue weighted by Gasteiger charge is -2.39. The van der Waals surface area contributed by atoms with Crippen LogP contribution in [0.5, 0.6) is 0 Å². The van der Waals surface area contributed by atoms with Gasteiger partial charge in [0, 0.05) is 31.5 Å². The third-order valence-electron chi connectivity index (χ3n) is 3.93. The highest BCUT2D eigenvalue weighted by molar-refractivity contribution is 4.90. The third-order valence-corrected chi connectivity index (χ3v) is 3.93. The molecule has 1 fully saturated rings. The summed E-state index contributed by atoms with van der Waals surface area (Å²) < 4.78 is 2.15. The topological polar surface area (TPSA) is 41.9 Å². The predicted octanol–water partition coefficient (Wildman–Crippen LogP) is 1.64. The Morgan fingerprint density at radius 3 is 3.06 bits per heavy atom. The van der Waals surface area contributed by atoms with Gasteiger partial charge in [-0.25, -0.2) is 4.98 Å². The van der Waals surface area contributed by atoms with E-state index in [4.69, 9.17) is 0 Å². The molecule has 1 aliphatic rings. The largest absolute Gasteiger partial charge is 0.337 e. The lowest BCUT2D eigenvalue weighted by molar-refractivity contribution is 0.185. The normalized spacial score (nSPS) is 23.1. The third kappa shape index (κ3) is 3.82. The second-order valence-corrected chi connectivity index (χ2v) is 5.97. The van der Waals surface area contributed by atoms with Gasteiger partial charge in [-0.05, 0) is 37.8 Å². The second kappa shape index (κ2) is 6.34. The molecule has 4 heteroatoms. The van der Waals surface area contributed by atoms with E-state index in [1.165, 1.54) is 19.3 Å². The number of nitrogens with one attached hydrogen (secondary N) is 2. The summed E-state index contributed by atoms with van der Waals surface area (Å²) in [5, 5.41) is 7.20. The first-order valence-corrected chi connectivity index (χ1v) is 7.08. The van der Waals surface area contributed by atoms with Crippen molar-refractivity contribution >= 4 is 0 Å². The standard InChI is InChI=1S/C14H26N4/c1-14(2)11-15-7-5-13(14)17-6-3-4-9-18-10-8-16-12-18/h8,10,12-13,15,17H,3-7,9,11H2,1-2H3. The highest BCUT2D eigenvalue weighted by Gasteiger charge is 2.31. The zero-order chi connectivity index (χ0) is 12.8. The highest BCUT2D eigenvalue weighted by Crippen LogP contribution is 2.24. The number of rotatable bonds is 6. The average molecular weight is 250 g/mol. The van der Waals surface area contributed by atoms with Crippen LogP contribution in [-0.2, 0) is 6.54 Å². The monoisotopic (exact) mass is 250 g/mol. The van der Waals surface area contributed by atoms with Crippen LogP contribution in [0.1, 0.15) is 33.1 Å². The molecule has 1 aromatic rings. The van der Waals surface area contributed by atoms with Crippen molar-refractivity contribution in [1.82, 2.24) is 20.2 Å². The van der Waals surface area contributed by atoms with Crippen molar-refractivity contribution in [2.45, 2.75) is 45.7 Å². The number of hydrogen-bond donors (Lipinski definition) is 2. The molecule has 4 nitrogen and oxygen atoms in total. The van der Waals surface area contributed by atoms with Crippen LogP contribution < -0.4 is 10.6 Å². The maximum atomic E-state index is 4.05. The Morgan fingerprint density at radius 2 is 2.33 bits per heavy atom. The number of nitrogens with zero attached hydrogens (tertiary/aromatic N) is 2. The number of piperidine rings is 1. The smallest absolute Gasteiger partial charge is 0.0945 e. The van der Waals surface area contributed by atoms with Crippen molar-refractivity contribution in [3.8, 4) is 0 Å². The molecule has 1 aromatic heterocycles. The average Bonchev–Trinajstić information content (AvgIpc) is 2.83. The van der Waals surface area contributed by atoms with Gasteiger partial charge in [0.05, 0.1) is 6.33 Å². The molecule has 1 atom stereocenters. The van der Waals surface area contributed by atoms with Gasteiger partial charge in [-0.3, -0.25) is 0 Å². The van der Waals surface area contributed by atoms with Gasteiger partial charge in [0.2, 0.25) is 0 Å². The van der Waals surface area contributed by atoms with E-state index in [1.54, 1.807) is 0 Å². The number of unbranched alkanes of at least 4 members (excludes halogenated alkanes) is 1. The molecule has 2 N–H and O–H groups in total. The molecular weight excluding hydrogens is 224 g/mol. The number of aromatic nitrogens is 2. The molecule has 0 bridgehead atoms. The van der Waals surface area contributed by atoms with Crippen molar-refractivity contribution in [1.29, 1.82) is 0 Å². The molecule has 102 valence electrons. The summed E-state index contributed by atoms with van der Waals surface area (Å²) in [6.45, 7) is 9.18.